The normalized spacial score (nSPS) is 21.2. The van der Waals surface area contributed by atoms with Gasteiger partial charge in [0.1, 0.15) is 0 Å². The molecule has 20 heavy (non-hydrogen) atoms. The lowest BCUT2D eigenvalue weighted by molar-refractivity contribution is 0.242. The van der Waals surface area contributed by atoms with Gasteiger partial charge in [0, 0.05) is 16.3 Å². The summed E-state index contributed by atoms with van der Waals surface area (Å²) in [6, 6.07) is 5.74. The zero-order valence-corrected chi connectivity index (χ0v) is 12.4. The van der Waals surface area contributed by atoms with E-state index in [1.54, 1.807) is 6.07 Å². The molecule has 0 saturated heterocycles. The lowest BCUT2D eigenvalue weighted by Gasteiger charge is -2.27. The first-order valence-electron chi connectivity index (χ1n) is 6.82. The van der Waals surface area contributed by atoms with Gasteiger partial charge in [-0.15, -0.1) is 5.10 Å². The number of aromatic nitrogens is 4. The van der Waals surface area contributed by atoms with E-state index in [-0.39, 0.29) is 5.41 Å². The minimum atomic E-state index is 0.203. The Hall–Kier alpha value is -1.62. The van der Waals surface area contributed by atoms with Crippen molar-refractivity contribution in [1.29, 1.82) is 0 Å². The molecule has 1 atom stereocenters. The molecule has 106 valence electrons. The summed E-state index contributed by atoms with van der Waals surface area (Å²) in [7, 11) is 0. The van der Waals surface area contributed by atoms with Crippen molar-refractivity contribution in [1.82, 2.24) is 20.2 Å². The quantitative estimate of drug-likeness (QED) is 0.862. The third-order valence-corrected chi connectivity index (χ3v) is 4.39. The molecule has 1 aromatic heterocycles. The van der Waals surface area contributed by atoms with Crippen molar-refractivity contribution in [3.63, 3.8) is 0 Å². The highest BCUT2D eigenvalue weighted by atomic mass is 35.5. The van der Waals surface area contributed by atoms with Crippen molar-refractivity contribution in [2.45, 2.75) is 39.2 Å². The van der Waals surface area contributed by atoms with Crippen LogP contribution >= 0.6 is 11.6 Å². The first-order chi connectivity index (χ1) is 9.47. The van der Waals surface area contributed by atoms with Crippen LogP contribution in [0, 0.1) is 5.41 Å². The van der Waals surface area contributed by atoms with E-state index in [0.717, 1.165) is 17.8 Å². The van der Waals surface area contributed by atoms with Gasteiger partial charge in [-0.25, -0.2) is 4.68 Å². The van der Waals surface area contributed by atoms with E-state index in [1.807, 2.05) is 16.8 Å². The Labute approximate surface area is 123 Å². The number of tetrazole rings is 1. The molecule has 1 aliphatic rings. The molecule has 2 aromatic rings. The fourth-order valence-electron chi connectivity index (χ4n) is 3.10. The van der Waals surface area contributed by atoms with Gasteiger partial charge in [-0.2, -0.15) is 0 Å². The molecule has 0 amide bonds. The standard InChI is InChI=1S/C14H18ClN5/c1-14(2)5-3-4-12(14)20-13(17-18-19-20)9-6-10(15)8-11(16)7-9/h6-8,12H,3-5,16H2,1-2H3. The predicted octanol–water partition coefficient (Wildman–Crippen LogP) is 3.33. The fraction of sp³-hybridized carbons (Fsp3) is 0.500. The lowest BCUT2D eigenvalue weighted by Crippen LogP contribution is -2.23. The predicted molar refractivity (Wildman–Crippen MR) is 79.3 cm³/mol. The molecule has 2 N–H and O–H groups in total. The molecule has 1 aliphatic carbocycles. The van der Waals surface area contributed by atoms with Crippen molar-refractivity contribution < 1.29 is 0 Å². The zero-order chi connectivity index (χ0) is 14.3. The van der Waals surface area contributed by atoms with Crippen LogP contribution in [0.15, 0.2) is 18.2 Å². The maximum Gasteiger partial charge on any atom is 0.182 e. The molecular formula is C14H18ClN5. The first-order valence-corrected chi connectivity index (χ1v) is 7.19. The summed E-state index contributed by atoms with van der Waals surface area (Å²) >= 11 is 6.08. The van der Waals surface area contributed by atoms with Crippen LogP contribution < -0.4 is 5.73 Å². The average Bonchev–Trinajstić information content (AvgIpc) is 2.93. The second-order valence-electron chi connectivity index (χ2n) is 6.12. The van der Waals surface area contributed by atoms with Crippen LogP contribution in [0.5, 0.6) is 0 Å². The number of nitrogens with zero attached hydrogens (tertiary/aromatic N) is 4. The lowest BCUT2D eigenvalue weighted by atomic mass is 9.87. The Morgan fingerprint density at radius 2 is 2.15 bits per heavy atom. The second kappa shape index (κ2) is 4.74. The molecule has 1 unspecified atom stereocenters. The summed E-state index contributed by atoms with van der Waals surface area (Å²) in [6.07, 6.45) is 3.49. The molecule has 1 fully saturated rings. The SMILES string of the molecule is CC1(C)CCCC1n1nnnc1-c1cc(N)cc(Cl)c1. The number of nitrogens with two attached hydrogens (primary N) is 1. The summed E-state index contributed by atoms with van der Waals surface area (Å²) in [5.74, 6) is 0.735. The Balaban J connectivity index is 2.06. The summed E-state index contributed by atoms with van der Waals surface area (Å²) in [6.45, 7) is 4.53. The van der Waals surface area contributed by atoms with E-state index in [2.05, 4.69) is 29.4 Å². The number of benzene rings is 1. The number of hydrogen-bond acceptors (Lipinski definition) is 4. The Kier molecular flexibility index (Phi) is 3.17. The Morgan fingerprint density at radius 3 is 2.80 bits per heavy atom. The molecule has 6 heteroatoms. The first kappa shape index (κ1) is 13.4. The number of rotatable bonds is 2. The fourth-order valence-corrected chi connectivity index (χ4v) is 3.34. The summed E-state index contributed by atoms with van der Waals surface area (Å²) in [4.78, 5) is 0. The van der Waals surface area contributed by atoms with Crippen LogP contribution in [0.25, 0.3) is 11.4 Å². The molecule has 0 radical (unpaired) electrons. The molecular weight excluding hydrogens is 274 g/mol. The van der Waals surface area contributed by atoms with Gasteiger partial charge < -0.3 is 5.73 Å². The monoisotopic (exact) mass is 291 g/mol. The number of halogens is 1. The van der Waals surface area contributed by atoms with E-state index >= 15 is 0 Å². The highest BCUT2D eigenvalue weighted by Gasteiger charge is 2.38. The molecule has 0 aliphatic heterocycles. The van der Waals surface area contributed by atoms with E-state index in [0.29, 0.717) is 16.8 Å². The van der Waals surface area contributed by atoms with Crippen molar-refractivity contribution in [2.24, 2.45) is 5.41 Å². The van der Waals surface area contributed by atoms with E-state index in [4.69, 9.17) is 17.3 Å². The molecule has 0 spiro atoms. The molecule has 1 aromatic carbocycles. The maximum atomic E-state index is 6.08. The van der Waals surface area contributed by atoms with Crippen LogP contribution in [0.3, 0.4) is 0 Å². The molecule has 1 saturated carbocycles. The summed E-state index contributed by atoms with van der Waals surface area (Å²) in [5.41, 5.74) is 7.54. The number of anilines is 1. The van der Waals surface area contributed by atoms with Crippen molar-refractivity contribution in [3.05, 3.63) is 23.2 Å². The van der Waals surface area contributed by atoms with Crippen LogP contribution in [0.1, 0.15) is 39.2 Å². The third kappa shape index (κ3) is 2.26. The van der Waals surface area contributed by atoms with Gasteiger partial charge in [0.2, 0.25) is 0 Å². The van der Waals surface area contributed by atoms with Crippen molar-refractivity contribution >= 4 is 17.3 Å². The van der Waals surface area contributed by atoms with Crippen LogP contribution in [0.4, 0.5) is 5.69 Å². The van der Waals surface area contributed by atoms with Crippen molar-refractivity contribution in [2.75, 3.05) is 5.73 Å². The largest absolute Gasteiger partial charge is 0.399 e. The van der Waals surface area contributed by atoms with E-state index in [9.17, 15) is 0 Å². The van der Waals surface area contributed by atoms with Gasteiger partial charge in [-0.05, 0) is 46.9 Å². The van der Waals surface area contributed by atoms with Crippen molar-refractivity contribution in [3.8, 4) is 11.4 Å². The highest BCUT2D eigenvalue weighted by molar-refractivity contribution is 6.31. The summed E-state index contributed by atoms with van der Waals surface area (Å²) < 4.78 is 1.93. The van der Waals surface area contributed by atoms with E-state index < -0.39 is 0 Å². The minimum Gasteiger partial charge on any atom is -0.399 e. The van der Waals surface area contributed by atoms with Gasteiger partial charge in [-0.1, -0.05) is 31.9 Å². The van der Waals surface area contributed by atoms with Crippen LogP contribution in [-0.4, -0.2) is 20.2 Å². The molecule has 1 heterocycles. The zero-order valence-electron chi connectivity index (χ0n) is 11.7. The second-order valence-corrected chi connectivity index (χ2v) is 6.55. The molecule has 5 nitrogen and oxygen atoms in total. The van der Waals surface area contributed by atoms with Crippen LogP contribution in [0.2, 0.25) is 5.02 Å². The van der Waals surface area contributed by atoms with E-state index in [1.165, 1.54) is 12.8 Å². The average molecular weight is 292 g/mol. The van der Waals surface area contributed by atoms with Gasteiger partial charge in [0.15, 0.2) is 5.82 Å². The number of hydrogen-bond donors (Lipinski definition) is 1. The minimum absolute atomic E-state index is 0.203. The Bertz CT molecular complexity index is 614. The number of nitrogen functional groups attached to an aromatic ring is 1. The van der Waals surface area contributed by atoms with Gasteiger partial charge in [0.05, 0.1) is 6.04 Å². The molecule has 0 bridgehead atoms. The maximum absolute atomic E-state index is 6.08. The summed E-state index contributed by atoms with van der Waals surface area (Å²) in [5, 5.41) is 12.8. The van der Waals surface area contributed by atoms with Gasteiger partial charge in [-0.3, -0.25) is 0 Å². The Morgan fingerprint density at radius 1 is 1.35 bits per heavy atom. The van der Waals surface area contributed by atoms with Crippen LogP contribution in [-0.2, 0) is 0 Å². The van der Waals surface area contributed by atoms with Gasteiger partial charge >= 0.3 is 0 Å². The smallest absolute Gasteiger partial charge is 0.182 e. The highest BCUT2D eigenvalue weighted by Crippen LogP contribution is 2.46. The topological polar surface area (TPSA) is 69.6 Å². The molecule has 3 rings (SSSR count). The third-order valence-electron chi connectivity index (χ3n) is 4.17. The van der Waals surface area contributed by atoms with Gasteiger partial charge in [0.25, 0.3) is 0 Å².